The van der Waals surface area contributed by atoms with Crippen molar-refractivity contribution in [3.05, 3.63) is 174 Å². The molecule has 0 aliphatic heterocycles. The Hall–Kier alpha value is -7.12. The van der Waals surface area contributed by atoms with Crippen LogP contribution in [0.2, 0.25) is 19.6 Å². The minimum atomic E-state index is -1.47. The van der Waals surface area contributed by atoms with Gasteiger partial charge in [-0.3, -0.25) is 0 Å². The van der Waals surface area contributed by atoms with Crippen LogP contribution in [-0.2, 0) is 0 Å². The van der Waals surface area contributed by atoms with Crippen LogP contribution in [0.1, 0.15) is 16.7 Å². The van der Waals surface area contributed by atoms with E-state index in [1.165, 1.54) is 10.8 Å². The molecule has 0 radical (unpaired) electrons. The van der Waals surface area contributed by atoms with E-state index < -0.39 is 8.07 Å². The highest BCUT2D eigenvalue weighted by molar-refractivity contribution is 6.88. The Morgan fingerprint density at radius 3 is 1.20 bits per heavy atom. The maximum Gasteiger partial charge on any atom is 0.136 e. The molecule has 0 saturated heterocycles. The van der Waals surface area contributed by atoms with Gasteiger partial charge in [0.2, 0.25) is 0 Å². The molecular weight excluding hydrogens is 701 g/mol. The van der Waals surface area contributed by atoms with Crippen molar-refractivity contribution < 1.29 is 4.42 Å². The predicted octanol–water partition coefficient (Wildman–Crippen LogP) is 13.4. The summed E-state index contributed by atoms with van der Waals surface area (Å²) in [4.78, 5) is 4.47. The van der Waals surface area contributed by atoms with E-state index in [4.69, 9.17) is 4.42 Å². The molecule has 0 saturated carbocycles. The molecule has 9 aromatic rings. The van der Waals surface area contributed by atoms with Crippen molar-refractivity contribution in [3.63, 3.8) is 0 Å². The molecule has 1 aromatic heterocycles. The van der Waals surface area contributed by atoms with Crippen LogP contribution in [0.3, 0.4) is 0 Å². The van der Waals surface area contributed by atoms with Crippen molar-refractivity contribution in [2.24, 2.45) is 0 Å². The van der Waals surface area contributed by atoms with E-state index in [1.54, 1.807) is 0 Å². The van der Waals surface area contributed by atoms with Gasteiger partial charge in [0.15, 0.2) is 0 Å². The summed E-state index contributed by atoms with van der Waals surface area (Å²) in [5.41, 5.74) is 10.2. The van der Waals surface area contributed by atoms with Crippen molar-refractivity contribution >= 4 is 90.9 Å². The summed E-state index contributed by atoms with van der Waals surface area (Å²) in [5, 5.41) is 26.9. The largest absolute Gasteiger partial charge is 0.456 e. The van der Waals surface area contributed by atoms with Crippen LogP contribution in [0, 0.1) is 29.6 Å². The highest BCUT2D eigenvalue weighted by atomic mass is 28.3. The first-order valence-corrected chi connectivity index (χ1v) is 22.3. The molecule has 56 heavy (non-hydrogen) atoms. The summed E-state index contributed by atoms with van der Waals surface area (Å²) in [7, 11) is -1.47. The highest BCUT2D eigenvalue weighted by Crippen LogP contribution is 2.41. The van der Waals surface area contributed by atoms with E-state index in [1.807, 2.05) is 48.5 Å². The van der Waals surface area contributed by atoms with Crippen LogP contribution < -0.4 is 15.0 Å². The minimum absolute atomic E-state index is 0.628. The number of aryl methyl sites for hydroxylation is 1. The number of nitriles is 2. The first-order chi connectivity index (χ1) is 27.1. The second kappa shape index (κ2) is 13.6. The number of benzene rings is 8. The summed E-state index contributed by atoms with van der Waals surface area (Å²) in [5.74, 6) is 0. The molecule has 268 valence electrons. The van der Waals surface area contributed by atoms with E-state index >= 15 is 0 Å². The van der Waals surface area contributed by atoms with Gasteiger partial charge in [-0.2, -0.15) is 10.5 Å². The summed E-state index contributed by atoms with van der Waals surface area (Å²) in [6.07, 6.45) is 0. The Morgan fingerprint density at radius 2 is 0.804 bits per heavy atom. The minimum Gasteiger partial charge on any atom is -0.456 e. The van der Waals surface area contributed by atoms with Crippen LogP contribution in [0.15, 0.2) is 162 Å². The Bertz CT molecular complexity index is 3020. The van der Waals surface area contributed by atoms with Crippen molar-refractivity contribution in [1.29, 1.82) is 10.5 Å². The zero-order valence-corrected chi connectivity index (χ0v) is 32.7. The van der Waals surface area contributed by atoms with Crippen molar-refractivity contribution in [3.8, 4) is 12.1 Å². The Kier molecular flexibility index (Phi) is 8.43. The second-order valence-electron chi connectivity index (χ2n) is 15.5. The molecule has 0 atom stereocenters. The fourth-order valence-electron chi connectivity index (χ4n) is 7.58. The molecule has 0 bridgehead atoms. The average molecular weight is 739 g/mol. The molecule has 6 heteroatoms. The zero-order chi connectivity index (χ0) is 38.6. The van der Waals surface area contributed by atoms with E-state index in [0.717, 1.165) is 77.6 Å². The number of fused-ring (bicyclic) bond motifs is 5. The zero-order valence-electron chi connectivity index (χ0n) is 31.7. The molecule has 8 aromatic carbocycles. The summed E-state index contributed by atoms with van der Waals surface area (Å²) < 4.78 is 6.63. The maximum absolute atomic E-state index is 9.48. The highest BCUT2D eigenvalue weighted by Gasteiger charge is 2.20. The molecule has 0 amide bonds. The van der Waals surface area contributed by atoms with E-state index in [2.05, 4.69) is 158 Å². The lowest BCUT2D eigenvalue weighted by Crippen LogP contribution is -2.37. The number of hydrogen-bond donors (Lipinski definition) is 0. The van der Waals surface area contributed by atoms with Gasteiger partial charge in [0, 0.05) is 44.9 Å². The third-order valence-corrected chi connectivity index (χ3v) is 12.7. The first kappa shape index (κ1) is 34.6. The Balaban J connectivity index is 1.13. The molecule has 1 heterocycles. The summed E-state index contributed by atoms with van der Waals surface area (Å²) in [6.45, 7) is 9.18. The molecule has 5 nitrogen and oxygen atoms in total. The van der Waals surface area contributed by atoms with Crippen molar-refractivity contribution in [2.75, 3.05) is 9.80 Å². The van der Waals surface area contributed by atoms with Gasteiger partial charge in [0.05, 0.1) is 31.3 Å². The smallest absolute Gasteiger partial charge is 0.136 e. The van der Waals surface area contributed by atoms with E-state index in [0.29, 0.717) is 11.1 Å². The van der Waals surface area contributed by atoms with Gasteiger partial charge >= 0.3 is 0 Å². The third-order valence-electron chi connectivity index (χ3n) is 10.7. The van der Waals surface area contributed by atoms with Crippen LogP contribution >= 0.6 is 0 Å². The van der Waals surface area contributed by atoms with E-state index in [-0.39, 0.29) is 0 Å². The topological polar surface area (TPSA) is 67.2 Å². The molecule has 0 aliphatic carbocycles. The van der Waals surface area contributed by atoms with Crippen LogP contribution in [0.4, 0.5) is 34.1 Å². The van der Waals surface area contributed by atoms with Gasteiger partial charge < -0.3 is 14.2 Å². The fraction of sp³-hybridized carbons (Fsp3) is 0.0800. The number of rotatable bonds is 7. The summed E-state index contributed by atoms with van der Waals surface area (Å²) in [6, 6.07) is 59.3. The SMILES string of the molecule is Cc1ccc(N(c2ccc(C#N)cc2)c2ccc3cc4c(cc3c2)oc2cc3cc(N(c5ccc(C#N)cc5)c5ccc([Si](C)(C)C)cc5)ccc3cc24)cc1. The number of hydrogen-bond acceptors (Lipinski definition) is 5. The molecular formula is C50H38N4OSi. The fourth-order valence-corrected chi connectivity index (χ4v) is 8.75. The van der Waals surface area contributed by atoms with Crippen LogP contribution in [0.25, 0.3) is 43.5 Å². The molecule has 0 unspecified atom stereocenters. The van der Waals surface area contributed by atoms with Crippen LogP contribution in [-0.4, -0.2) is 8.07 Å². The Labute approximate surface area is 327 Å². The number of anilines is 6. The molecule has 0 fully saturated rings. The second-order valence-corrected chi connectivity index (χ2v) is 20.6. The van der Waals surface area contributed by atoms with Gasteiger partial charge in [0.25, 0.3) is 0 Å². The van der Waals surface area contributed by atoms with Gasteiger partial charge in [0.1, 0.15) is 11.2 Å². The van der Waals surface area contributed by atoms with Crippen LogP contribution in [0.5, 0.6) is 0 Å². The van der Waals surface area contributed by atoms with Gasteiger partial charge in [-0.1, -0.05) is 66.8 Å². The summed E-state index contributed by atoms with van der Waals surface area (Å²) >= 11 is 0. The maximum atomic E-state index is 9.48. The van der Waals surface area contributed by atoms with Gasteiger partial charge in [-0.15, -0.1) is 0 Å². The molecule has 0 spiro atoms. The molecule has 0 N–H and O–H groups in total. The lowest BCUT2D eigenvalue weighted by molar-refractivity contribution is 0.670. The normalized spacial score (nSPS) is 11.5. The third kappa shape index (κ3) is 6.33. The monoisotopic (exact) mass is 738 g/mol. The lowest BCUT2D eigenvalue weighted by Gasteiger charge is -2.27. The van der Waals surface area contributed by atoms with E-state index in [9.17, 15) is 10.5 Å². The van der Waals surface area contributed by atoms with Crippen molar-refractivity contribution in [2.45, 2.75) is 26.6 Å². The number of furan rings is 1. The van der Waals surface area contributed by atoms with Crippen molar-refractivity contribution in [1.82, 2.24) is 0 Å². The van der Waals surface area contributed by atoms with Gasteiger partial charge in [-0.05, 0) is 150 Å². The predicted molar refractivity (Wildman–Crippen MR) is 235 cm³/mol. The molecule has 9 rings (SSSR count). The standard InChI is InChI=1S/C50H38N4OSi/c1-33-5-13-40(14-6-33)53(41-15-7-34(31-51)8-16-41)44-19-11-36-27-47-48-28-37-12-20-45(26-39(37)30-50(48)55-49(47)29-38(36)25-44)54(42-17-9-35(32-52)10-18-42)43-21-23-46(24-22-43)56(2,3)4/h5-30H,1-4H3. The average Bonchev–Trinajstić information content (AvgIpc) is 3.56. The van der Waals surface area contributed by atoms with Gasteiger partial charge in [-0.25, -0.2) is 0 Å². The quantitative estimate of drug-likeness (QED) is 0.152. The lowest BCUT2D eigenvalue weighted by atomic mass is 10.0. The first-order valence-electron chi connectivity index (χ1n) is 18.8. The molecule has 0 aliphatic rings. The Morgan fingerprint density at radius 1 is 0.429 bits per heavy atom. The number of nitrogens with zero attached hydrogens (tertiary/aromatic N) is 4.